The maximum atomic E-state index is 11.0. The second-order valence-electron chi connectivity index (χ2n) is 3.11. The molecule has 0 spiro atoms. The number of rotatable bonds is 3. The number of hydrogen-bond acceptors (Lipinski definition) is 2. The molecule has 0 bridgehead atoms. The number of nitrogens with two attached hydrogens (primary N) is 1. The molecule has 68 valence electrons. The summed E-state index contributed by atoms with van der Waals surface area (Å²) in [5.41, 5.74) is 4.90. The Morgan fingerprint density at radius 3 is 2.33 bits per heavy atom. The van der Waals surface area contributed by atoms with Crippen LogP contribution in [0.3, 0.4) is 0 Å². The molecule has 0 aromatic carbocycles. The molecule has 2 N–H and O–H groups in total. The molecule has 1 atom stereocenters. The van der Waals surface area contributed by atoms with E-state index in [4.69, 9.17) is 5.73 Å². The Hall–Kier alpha value is -0.620. The molecule has 0 aromatic rings. The zero-order chi connectivity index (χ0) is 9.78. The van der Waals surface area contributed by atoms with Crippen LogP contribution in [0.2, 0.25) is 0 Å². The van der Waals surface area contributed by atoms with Gasteiger partial charge in [0.05, 0.1) is 5.25 Å². The molecule has 0 fully saturated rings. The lowest BCUT2D eigenvalue weighted by Crippen LogP contribution is -2.37. The van der Waals surface area contributed by atoms with Gasteiger partial charge >= 0.3 is 0 Å². The second kappa shape index (κ2) is 4.42. The summed E-state index contributed by atoms with van der Waals surface area (Å²) in [5.74, 6) is 5.49. The van der Waals surface area contributed by atoms with E-state index < -0.39 is 0 Å². The first-order valence-electron chi connectivity index (χ1n) is 3.71. The maximum Gasteiger partial charge on any atom is 0.232 e. The summed E-state index contributed by atoms with van der Waals surface area (Å²) in [4.78, 5) is 11.0. The topological polar surface area (TPSA) is 43.1 Å². The van der Waals surface area contributed by atoms with Crippen molar-refractivity contribution in [2.24, 2.45) is 11.1 Å². The van der Waals surface area contributed by atoms with E-state index in [0.717, 1.165) is 0 Å². The molecule has 0 aliphatic rings. The Kier molecular flexibility index (Phi) is 4.19. The van der Waals surface area contributed by atoms with Gasteiger partial charge in [0.2, 0.25) is 5.91 Å². The molecule has 0 aromatic heterocycles. The van der Waals surface area contributed by atoms with Gasteiger partial charge in [0.15, 0.2) is 0 Å². The summed E-state index contributed by atoms with van der Waals surface area (Å²) in [7, 11) is 0. The molecule has 2 nitrogen and oxygen atoms in total. The highest BCUT2D eigenvalue weighted by Gasteiger charge is 2.31. The summed E-state index contributed by atoms with van der Waals surface area (Å²) in [6.45, 7) is 5.62. The van der Waals surface area contributed by atoms with E-state index in [9.17, 15) is 4.79 Å². The van der Waals surface area contributed by atoms with Crippen molar-refractivity contribution in [3.8, 4) is 11.8 Å². The van der Waals surface area contributed by atoms with Crippen LogP contribution in [-0.2, 0) is 4.79 Å². The van der Waals surface area contributed by atoms with Crippen molar-refractivity contribution < 1.29 is 4.79 Å². The zero-order valence-corrected chi connectivity index (χ0v) is 8.79. The lowest BCUT2D eigenvalue weighted by Gasteiger charge is -2.24. The van der Waals surface area contributed by atoms with Crippen LogP contribution in [0.25, 0.3) is 0 Å². The van der Waals surface area contributed by atoms with Crippen molar-refractivity contribution >= 4 is 17.7 Å². The molecule has 1 unspecified atom stereocenters. The highest BCUT2D eigenvalue weighted by molar-refractivity contribution is 8.00. The monoisotopic (exact) mass is 185 g/mol. The number of primary amides is 1. The normalized spacial score (nSPS) is 13.0. The van der Waals surface area contributed by atoms with Crippen LogP contribution in [0, 0.1) is 17.3 Å². The van der Waals surface area contributed by atoms with Crippen LogP contribution in [0.1, 0.15) is 20.8 Å². The summed E-state index contributed by atoms with van der Waals surface area (Å²) in [5, 5.41) is -0.232. The van der Waals surface area contributed by atoms with Crippen LogP contribution in [-0.4, -0.2) is 17.4 Å². The van der Waals surface area contributed by atoms with Gasteiger partial charge in [-0.2, -0.15) is 11.8 Å². The van der Waals surface area contributed by atoms with Gasteiger partial charge < -0.3 is 5.73 Å². The fourth-order valence-corrected chi connectivity index (χ4v) is 2.03. The Balaban J connectivity index is 4.66. The molecule has 0 heterocycles. The number of carbonyl (C=O) groups excluding carboxylic acids is 1. The molecular weight excluding hydrogens is 170 g/mol. The highest BCUT2D eigenvalue weighted by Crippen LogP contribution is 2.28. The average Bonchev–Trinajstić information content (AvgIpc) is 1.86. The number of carbonyl (C=O) groups is 1. The fraction of sp³-hybridized carbons (Fsp3) is 0.667. The first kappa shape index (κ1) is 11.4. The highest BCUT2D eigenvalue weighted by atomic mass is 32.2. The maximum absolute atomic E-state index is 11.0. The quantitative estimate of drug-likeness (QED) is 0.672. The van der Waals surface area contributed by atoms with Crippen molar-refractivity contribution in [1.29, 1.82) is 0 Å². The van der Waals surface area contributed by atoms with Gasteiger partial charge in [0.1, 0.15) is 0 Å². The van der Waals surface area contributed by atoms with E-state index in [1.807, 2.05) is 20.1 Å². The van der Waals surface area contributed by atoms with E-state index in [1.165, 1.54) is 11.8 Å². The van der Waals surface area contributed by atoms with Crippen LogP contribution in [0.4, 0.5) is 0 Å². The van der Waals surface area contributed by atoms with Crippen molar-refractivity contribution in [3.63, 3.8) is 0 Å². The van der Waals surface area contributed by atoms with E-state index in [1.54, 1.807) is 6.92 Å². The number of hydrogen-bond donors (Lipinski definition) is 1. The largest absolute Gasteiger partial charge is 0.369 e. The first-order chi connectivity index (χ1) is 5.45. The van der Waals surface area contributed by atoms with E-state index >= 15 is 0 Å². The third-order valence-electron chi connectivity index (χ3n) is 1.60. The van der Waals surface area contributed by atoms with Crippen LogP contribution in [0.15, 0.2) is 0 Å². The molecule has 0 aliphatic heterocycles. The number of thioether (sulfide) groups is 1. The van der Waals surface area contributed by atoms with Gasteiger partial charge in [-0.15, -0.1) is 5.92 Å². The lowest BCUT2D eigenvalue weighted by atomic mass is 9.89. The van der Waals surface area contributed by atoms with Gasteiger partial charge in [-0.3, -0.25) is 4.79 Å². The average molecular weight is 185 g/mol. The Morgan fingerprint density at radius 1 is 1.58 bits per heavy atom. The Morgan fingerprint density at radius 2 is 2.08 bits per heavy atom. The first-order valence-corrected chi connectivity index (χ1v) is 5.00. The van der Waals surface area contributed by atoms with Crippen molar-refractivity contribution in [2.45, 2.75) is 26.0 Å². The Labute approximate surface area is 78.3 Å². The minimum Gasteiger partial charge on any atom is -0.369 e. The van der Waals surface area contributed by atoms with Crippen molar-refractivity contribution in [3.05, 3.63) is 0 Å². The van der Waals surface area contributed by atoms with Crippen molar-refractivity contribution in [2.75, 3.05) is 6.26 Å². The van der Waals surface area contributed by atoms with Crippen molar-refractivity contribution in [1.82, 2.24) is 0 Å². The molecule has 0 aliphatic carbocycles. The molecule has 0 saturated heterocycles. The van der Waals surface area contributed by atoms with E-state index in [-0.39, 0.29) is 16.6 Å². The van der Waals surface area contributed by atoms with Gasteiger partial charge in [0, 0.05) is 5.41 Å². The van der Waals surface area contributed by atoms with Crippen LogP contribution < -0.4 is 5.73 Å². The minimum atomic E-state index is -0.333. The summed E-state index contributed by atoms with van der Waals surface area (Å²) < 4.78 is 0. The molecule has 0 rings (SSSR count). The summed E-state index contributed by atoms with van der Waals surface area (Å²) in [6.07, 6.45) is 1.87. The fourth-order valence-electron chi connectivity index (χ4n) is 1.15. The summed E-state index contributed by atoms with van der Waals surface area (Å²) >= 11 is 1.45. The van der Waals surface area contributed by atoms with Gasteiger partial charge in [-0.1, -0.05) is 5.92 Å². The van der Waals surface area contributed by atoms with Gasteiger partial charge in [0.25, 0.3) is 0 Å². The SMILES string of the molecule is CC#CC(C)(C)C(SC)C(N)=O. The predicted octanol–water partition coefficient (Wildman–Crippen LogP) is 1.25. The van der Waals surface area contributed by atoms with Crippen LogP contribution >= 0.6 is 11.8 Å². The smallest absolute Gasteiger partial charge is 0.232 e. The summed E-state index contributed by atoms with van der Waals surface area (Å²) in [6, 6.07) is 0. The van der Waals surface area contributed by atoms with E-state index in [0.29, 0.717) is 0 Å². The third-order valence-corrected chi connectivity index (χ3v) is 2.89. The molecule has 12 heavy (non-hydrogen) atoms. The zero-order valence-electron chi connectivity index (χ0n) is 7.97. The minimum absolute atomic E-state index is 0.232. The lowest BCUT2D eigenvalue weighted by molar-refractivity contribution is -0.118. The second-order valence-corrected chi connectivity index (χ2v) is 4.06. The predicted molar refractivity (Wildman–Crippen MR) is 53.7 cm³/mol. The van der Waals surface area contributed by atoms with Crippen LogP contribution in [0.5, 0.6) is 0 Å². The molecule has 0 saturated carbocycles. The standard InChI is InChI=1S/C9H15NOS/c1-5-6-9(2,3)7(12-4)8(10)11/h7H,1-4H3,(H2,10,11). The van der Waals surface area contributed by atoms with Gasteiger partial charge in [-0.05, 0) is 27.0 Å². The van der Waals surface area contributed by atoms with E-state index in [2.05, 4.69) is 11.8 Å². The molecule has 3 heteroatoms. The van der Waals surface area contributed by atoms with Gasteiger partial charge in [-0.25, -0.2) is 0 Å². The number of amides is 1. The third kappa shape index (κ3) is 2.78. The molecular formula is C9H15NOS. The Bertz CT molecular complexity index is 224. The molecule has 1 amide bonds. The molecule has 0 radical (unpaired) electrons.